The number of ketones is 1. The minimum absolute atomic E-state index is 0.122. The van der Waals surface area contributed by atoms with Gasteiger partial charge in [-0.2, -0.15) is 0 Å². The first-order chi connectivity index (χ1) is 15.6. The Morgan fingerprint density at radius 1 is 0.719 bits per heavy atom. The lowest BCUT2D eigenvalue weighted by Crippen LogP contribution is -2.07. The van der Waals surface area contributed by atoms with Crippen LogP contribution in [0.15, 0.2) is 96.9 Å². The Morgan fingerprint density at radius 3 is 2.25 bits per heavy atom. The second-order valence-corrected chi connectivity index (χ2v) is 7.67. The predicted octanol–water partition coefficient (Wildman–Crippen LogP) is 6.49. The van der Waals surface area contributed by atoms with Crippen LogP contribution < -0.4 is 5.43 Å². The summed E-state index contributed by atoms with van der Waals surface area (Å²) in [5.74, 6) is 0.454. The molecule has 3 aromatic heterocycles. The fraction of sp³-hybridized carbons (Fsp3) is 0.0370. The number of hydrogen-bond donors (Lipinski definition) is 0. The van der Waals surface area contributed by atoms with Crippen molar-refractivity contribution in [1.29, 1.82) is 0 Å². The van der Waals surface area contributed by atoms with E-state index in [1.54, 1.807) is 37.3 Å². The van der Waals surface area contributed by atoms with E-state index in [2.05, 4.69) is 0 Å². The summed E-state index contributed by atoms with van der Waals surface area (Å²) in [5, 5.41) is 1.85. The molecule has 0 saturated heterocycles. The Hall–Kier alpha value is -4.38. The van der Waals surface area contributed by atoms with Crippen LogP contribution in [-0.4, -0.2) is 5.78 Å². The lowest BCUT2D eigenvalue weighted by atomic mass is 10.0. The van der Waals surface area contributed by atoms with Gasteiger partial charge in [0.05, 0.1) is 16.3 Å². The van der Waals surface area contributed by atoms with Gasteiger partial charge >= 0.3 is 0 Å². The number of benzene rings is 3. The highest BCUT2D eigenvalue weighted by molar-refractivity contribution is 6.12. The summed E-state index contributed by atoms with van der Waals surface area (Å²) >= 11 is 0. The van der Waals surface area contributed by atoms with Crippen molar-refractivity contribution in [2.24, 2.45) is 0 Å². The molecule has 0 aliphatic heterocycles. The fourth-order valence-corrected chi connectivity index (χ4v) is 4.14. The molecule has 3 aromatic carbocycles. The van der Waals surface area contributed by atoms with Crippen molar-refractivity contribution in [3.05, 3.63) is 106 Å². The van der Waals surface area contributed by atoms with Crippen molar-refractivity contribution < 1.29 is 18.0 Å². The quantitative estimate of drug-likeness (QED) is 0.306. The average molecular weight is 420 g/mol. The first kappa shape index (κ1) is 18.4. The Kier molecular flexibility index (Phi) is 3.92. The van der Waals surface area contributed by atoms with E-state index in [1.807, 2.05) is 48.5 Å². The zero-order chi connectivity index (χ0) is 21.8. The normalized spacial score (nSPS) is 11.5. The Balaban J connectivity index is 1.52. The number of carbonyl (C=O) groups is 1. The number of hydrogen-bond acceptors (Lipinski definition) is 5. The van der Waals surface area contributed by atoms with Gasteiger partial charge in [-0.15, -0.1) is 0 Å². The van der Waals surface area contributed by atoms with Gasteiger partial charge in [0.25, 0.3) is 5.78 Å². The molecule has 0 aliphatic carbocycles. The van der Waals surface area contributed by atoms with Crippen molar-refractivity contribution in [1.82, 2.24) is 0 Å². The predicted molar refractivity (Wildman–Crippen MR) is 122 cm³/mol. The van der Waals surface area contributed by atoms with Crippen LogP contribution in [0.2, 0.25) is 0 Å². The molecule has 6 rings (SSSR count). The van der Waals surface area contributed by atoms with E-state index in [0.29, 0.717) is 38.8 Å². The molecule has 32 heavy (non-hydrogen) atoms. The zero-order valence-electron chi connectivity index (χ0n) is 17.0. The summed E-state index contributed by atoms with van der Waals surface area (Å²) in [6.45, 7) is 1.77. The number of rotatable bonds is 3. The molecule has 5 nitrogen and oxygen atoms in total. The molecule has 0 spiro atoms. The van der Waals surface area contributed by atoms with E-state index in [-0.39, 0.29) is 22.7 Å². The van der Waals surface area contributed by atoms with Gasteiger partial charge in [0, 0.05) is 5.39 Å². The van der Waals surface area contributed by atoms with Crippen molar-refractivity contribution in [2.45, 2.75) is 6.92 Å². The first-order valence-corrected chi connectivity index (χ1v) is 10.2. The van der Waals surface area contributed by atoms with Crippen molar-refractivity contribution in [3.8, 4) is 11.1 Å². The number of para-hydroxylation sites is 1. The van der Waals surface area contributed by atoms with Crippen molar-refractivity contribution >= 4 is 38.7 Å². The molecule has 0 fully saturated rings. The third-order valence-corrected chi connectivity index (χ3v) is 5.67. The molecule has 0 amide bonds. The topological polar surface area (TPSA) is 73.6 Å². The molecule has 3 heterocycles. The maximum atomic E-state index is 13.3. The summed E-state index contributed by atoms with van der Waals surface area (Å²) < 4.78 is 17.6. The monoisotopic (exact) mass is 420 g/mol. The molecular weight excluding hydrogens is 404 g/mol. The van der Waals surface area contributed by atoms with E-state index in [4.69, 9.17) is 13.3 Å². The van der Waals surface area contributed by atoms with Gasteiger partial charge in [0.2, 0.25) is 5.43 Å². The van der Waals surface area contributed by atoms with Crippen molar-refractivity contribution in [3.63, 3.8) is 0 Å². The maximum absolute atomic E-state index is 13.3. The molecule has 0 atom stereocenters. The minimum Gasteiger partial charge on any atom is -0.460 e. The highest BCUT2D eigenvalue weighted by Crippen LogP contribution is 2.32. The van der Waals surface area contributed by atoms with E-state index < -0.39 is 0 Å². The van der Waals surface area contributed by atoms with Crippen LogP contribution in [0, 0.1) is 6.92 Å². The standard InChI is InChI=1S/C27H16O5/c1-15-24(16-7-3-2-4-8-16)25(28)18-11-12-21-19(27(18)30-15)14-23(32-21)26(29)22-13-17-9-5-6-10-20(17)31-22/h2-14H,1H3. The lowest BCUT2D eigenvalue weighted by molar-refractivity contribution is 0.0987. The molecule has 0 aliphatic rings. The number of aryl methyl sites for hydroxylation is 1. The Morgan fingerprint density at radius 2 is 1.44 bits per heavy atom. The Bertz CT molecular complexity index is 1680. The highest BCUT2D eigenvalue weighted by atomic mass is 16.4. The Labute approximate surface area is 181 Å². The van der Waals surface area contributed by atoms with E-state index in [0.717, 1.165) is 10.9 Å². The number of fused-ring (bicyclic) bond motifs is 4. The first-order valence-electron chi connectivity index (χ1n) is 10.2. The number of furan rings is 2. The summed E-state index contributed by atoms with van der Waals surface area (Å²) in [7, 11) is 0. The summed E-state index contributed by atoms with van der Waals surface area (Å²) in [6, 6.07) is 23.5. The van der Waals surface area contributed by atoms with Gasteiger partial charge in [-0.25, -0.2) is 0 Å². The highest BCUT2D eigenvalue weighted by Gasteiger charge is 2.22. The second-order valence-electron chi connectivity index (χ2n) is 7.67. The van der Waals surface area contributed by atoms with Gasteiger partial charge in [0.15, 0.2) is 11.5 Å². The van der Waals surface area contributed by atoms with Crippen LogP contribution in [0.4, 0.5) is 0 Å². The second kappa shape index (κ2) is 6.82. The van der Waals surface area contributed by atoms with Crippen LogP contribution in [0.1, 0.15) is 22.1 Å². The molecule has 0 N–H and O–H groups in total. The molecule has 6 aromatic rings. The molecule has 0 bridgehead atoms. The lowest BCUT2D eigenvalue weighted by Gasteiger charge is -2.07. The van der Waals surface area contributed by atoms with E-state index in [9.17, 15) is 9.59 Å². The van der Waals surface area contributed by atoms with E-state index in [1.165, 1.54) is 0 Å². The third kappa shape index (κ3) is 2.72. The van der Waals surface area contributed by atoms with Gasteiger partial charge in [-0.3, -0.25) is 9.59 Å². The van der Waals surface area contributed by atoms with Crippen LogP contribution in [-0.2, 0) is 0 Å². The number of carbonyl (C=O) groups excluding carboxylic acids is 1. The van der Waals surface area contributed by atoms with Gasteiger partial charge in [-0.1, -0.05) is 48.5 Å². The molecule has 0 unspecified atom stereocenters. The molecule has 154 valence electrons. The van der Waals surface area contributed by atoms with Gasteiger partial charge in [0.1, 0.15) is 22.5 Å². The summed E-state index contributed by atoms with van der Waals surface area (Å²) in [5.41, 5.74) is 2.70. The third-order valence-electron chi connectivity index (χ3n) is 5.67. The molecular formula is C27H16O5. The van der Waals surface area contributed by atoms with Gasteiger partial charge < -0.3 is 13.3 Å². The molecule has 0 radical (unpaired) electrons. The summed E-state index contributed by atoms with van der Waals surface area (Å²) in [6.07, 6.45) is 0. The van der Waals surface area contributed by atoms with Crippen LogP contribution in [0.3, 0.4) is 0 Å². The van der Waals surface area contributed by atoms with Crippen LogP contribution in [0.25, 0.3) is 44.0 Å². The zero-order valence-corrected chi connectivity index (χ0v) is 17.0. The molecule has 0 saturated carbocycles. The van der Waals surface area contributed by atoms with Gasteiger partial charge in [-0.05, 0) is 42.8 Å². The maximum Gasteiger partial charge on any atom is 0.263 e. The minimum atomic E-state index is -0.370. The smallest absolute Gasteiger partial charge is 0.263 e. The van der Waals surface area contributed by atoms with Crippen LogP contribution in [0.5, 0.6) is 0 Å². The largest absolute Gasteiger partial charge is 0.460 e. The van der Waals surface area contributed by atoms with Crippen molar-refractivity contribution in [2.75, 3.05) is 0 Å². The summed E-state index contributed by atoms with van der Waals surface area (Å²) in [4.78, 5) is 26.3. The fourth-order valence-electron chi connectivity index (χ4n) is 4.14. The van der Waals surface area contributed by atoms with Crippen LogP contribution >= 0.6 is 0 Å². The van der Waals surface area contributed by atoms with E-state index >= 15 is 0 Å². The molecule has 5 heteroatoms. The SMILES string of the molecule is Cc1oc2c(ccc3oc(C(=O)c4cc5ccccc5o4)cc32)c(=O)c1-c1ccccc1. The average Bonchev–Trinajstić information content (AvgIpc) is 3.44.